The Morgan fingerprint density at radius 3 is 2.51 bits per heavy atom. The summed E-state index contributed by atoms with van der Waals surface area (Å²) in [5.74, 6) is 2.36. The maximum atomic E-state index is 12.0. The number of carbonyl (C=O) groups is 1. The smallest absolute Gasteiger partial charge is 0.248 e. The van der Waals surface area contributed by atoms with Crippen LogP contribution >= 0.6 is 0 Å². The van der Waals surface area contributed by atoms with Gasteiger partial charge in [-0.2, -0.15) is 0 Å². The zero-order valence-corrected chi connectivity index (χ0v) is 21.5. The molecule has 1 amide bonds. The molecule has 0 spiro atoms. The number of carbonyl (C=O) groups excluding carboxylic acids is 1. The van der Waals surface area contributed by atoms with Gasteiger partial charge in [0.05, 0.1) is 24.8 Å². The number of aromatic nitrogens is 6. The molecule has 13 nitrogen and oxygen atoms in total. The third kappa shape index (κ3) is 5.01. The number of nitrogens with two attached hydrogens (primary N) is 1. The second-order valence-corrected chi connectivity index (χ2v) is 9.93. The Morgan fingerprint density at radius 2 is 1.86 bits per heavy atom. The van der Waals surface area contributed by atoms with Crippen molar-refractivity contribution in [3.8, 4) is 11.4 Å². The van der Waals surface area contributed by atoms with Gasteiger partial charge < -0.3 is 30.3 Å². The lowest BCUT2D eigenvalue weighted by atomic mass is 10.2. The average molecular weight is 511 g/mol. The van der Waals surface area contributed by atoms with Gasteiger partial charge in [0, 0.05) is 51.7 Å². The Morgan fingerprint density at radius 1 is 1.14 bits per heavy atom. The number of imidazole rings is 1. The molecule has 13 heteroatoms. The standard InChI is InChI=1S/C24H34N10O3/c1-15(2)12-34-22-19(28-24(34)32-6-4-31(5-7-32)18(36)13-35)21(33-8-9-37-14-16(33)3)29-20(30-22)17-10-26-23(25)27-11-17/h10-11,15-16,35H,4-9,12-14H2,1-3H3,(H2,25,26,27)/t16-/m0/s1. The predicted molar refractivity (Wildman–Crippen MR) is 139 cm³/mol. The fourth-order valence-electron chi connectivity index (χ4n) is 4.83. The van der Waals surface area contributed by atoms with Gasteiger partial charge in [-0.15, -0.1) is 0 Å². The molecular weight excluding hydrogens is 476 g/mol. The number of rotatable bonds is 6. The third-order valence-electron chi connectivity index (χ3n) is 6.72. The van der Waals surface area contributed by atoms with E-state index in [2.05, 4.69) is 45.1 Å². The van der Waals surface area contributed by atoms with Crippen LogP contribution < -0.4 is 15.5 Å². The second-order valence-electron chi connectivity index (χ2n) is 9.93. The van der Waals surface area contributed by atoms with Crippen LogP contribution in [0.25, 0.3) is 22.6 Å². The van der Waals surface area contributed by atoms with Crippen molar-refractivity contribution in [3.63, 3.8) is 0 Å². The van der Waals surface area contributed by atoms with Crippen LogP contribution in [0.3, 0.4) is 0 Å². The van der Waals surface area contributed by atoms with Gasteiger partial charge in [-0.3, -0.25) is 9.36 Å². The molecule has 5 heterocycles. The van der Waals surface area contributed by atoms with Crippen LogP contribution in [0.5, 0.6) is 0 Å². The van der Waals surface area contributed by atoms with E-state index < -0.39 is 6.61 Å². The summed E-state index contributed by atoms with van der Waals surface area (Å²) >= 11 is 0. The first-order valence-corrected chi connectivity index (χ1v) is 12.7. The Labute approximate surface area is 215 Å². The minimum absolute atomic E-state index is 0.120. The summed E-state index contributed by atoms with van der Waals surface area (Å²) in [6.45, 7) is 10.9. The molecule has 0 aromatic carbocycles. The molecule has 0 saturated carbocycles. The molecule has 3 aromatic heterocycles. The number of nitrogen functional groups attached to an aromatic ring is 1. The number of aliphatic hydroxyl groups excluding tert-OH is 1. The molecule has 2 aliphatic heterocycles. The monoisotopic (exact) mass is 510 g/mol. The summed E-state index contributed by atoms with van der Waals surface area (Å²) in [7, 11) is 0. The number of nitrogens with zero attached hydrogens (tertiary/aromatic N) is 9. The largest absolute Gasteiger partial charge is 0.387 e. The van der Waals surface area contributed by atoms with E-state index in [1.54, 1.807) is 17.3 Å². The first kappa shape index (κ1) is 25.1. The first-order valence-electron chi connectivity index (χ1n) is 12.7. The lowest BCUT2D eigenvalue weighted by Crippen LogP contribution is -2.50. The number of hydrogen-bond acceptors (Lipinski definition) is 11. The van der Waals surface area contributed by atoms with E-state index in [1.807, 2.05) is 0 Å². The average Bonchev–Trinajstić information content (AvgIpc) is 3.26. The highest BCUT2D eigenvalue weighted by Crippen LogP contribution is 2.33. The molecule has 3 aromatic rings. The van der Waals surface area contributed by atoms with Gasteiger partial charge in [-0.05, 0) is 12.8 Å². The predicted octanol–water partition coefficient (Wildman–Crippen LogP) is 0.388. The number of amides is 1. The lowest BCUT2D eigenvalue weighted by molar-refractivity contribution is -0.134. The Hall–Kier alpha value is -3.58. The van der Waals surface area contributed by atoms with Gasteiger partial charge in [0.1, 0.15) is 6.61 Å². The molecule has 2 aliphatic rings. The van der Waals surface area contributed by atoms with Gasteiger partial charge >= 0.3 is 0 Å². The lowest BCUT2D eigenvalue weighted by Gasteiger charge is -2.35. The quantitative estimate of drug-likeness (QED) is 0.474. The summed E-state index contributed by atoms with van der Waals surface area (Å²) in [5, 5.41) is 9.25. The number of hydrogen-bond donors (Lipinski definition) is 2. The van der Waals surface area contributed by atoms with Gasteiger partial charge in [0.15, 0.2) is 22.8 Å². The third-order valence-corrected chi connectivity index (χ3v) is 6.72. The van der Waals surface area contributed by atoms with E-state index in [4.69, 9.17) is 25.4 Å². The van der Waals surface area contributed by atoms with E-state index in [1.165, 1.54) is 0 Å². The van der Waals surface area contributed by atoms with Crippen LogP contribution in [-0.2, 0) is 16.1 Å². The van der Waals surface area contributed by atoms with Crippen LogP contribution in [0.15, 0.2) is 12.4 Å². The Balaban J connectivity index is 1.64. The molecule has 1 atom stereocenters. The van der Waals surface area contributed by atoms with Gasteiger partial charge in [0.2, 0.25) is 17.8 Å². The zero-order chi connectivity index (χ0) is 26.1. The highest BCUT2D eigenvalue weighted by Gasteiger charge is 2.30. The van der Waals surface area contributed by atoms with Crippen LogP contribution in [-0.4, -0.2) is 104 Å². The first-order chi connectivity index (χ1) is 17.9. The number of aliphatic hydroxyl groups is 1. The van der Waals surface area contributed by atoms with Crippen LogP contribution in [0, 0.1) is 5.92 Å². The number of ether oxygens (including phenoxy) is 1. The SMILES string of the molecule is CC(C)Cn1c(N2CCN(C(=O)CO)CC2)nc2c(N3CCOC[C@@H]3C)nc(-c3cnc(N)nc3)nc21. The fourth-order valence-corrected chi connectivity index (χ4v) is 4.83. The molecule has 0 bridgehead atoms. The molecule has 0 unspecified atom stereocenters. The van der Waals surface area contributed by atoms with Crippen molar-refractivity contribution in [2.24, 2.45) is 5.92 Å². The fraction of sp³-hybridized carbons (Fsp3) is 0.583. The molecule has 2 fully saturated rings. The van der Waals surface area contributed by atoms with Crippen molar-refractivity contribution >= 4 is 34.8 Å². The van der Waals surface area contributed by atoms with Crippen LogP contribution in [0.2, 0.25) is 0 Å². The van der Waals surface area contributed by atoms with E-state index in [-0.39, 0.29) is 17.9 Å². The van der Waals surface area contributed by atoms with Crippen molar-refractivity contribution in [2.75, 3.05) is 68.1 Å². The van der Waals surface area contributed by atoms with E-state index in [0.717, 1.165) is 22.9 Å². The van der Waals surface area contributed by atoms with Gasteiger partial charge in [-0.25, -0.2) is 24.9 Å². The van der Waals surface area contributed by atoms with Crippen LogP contribution in [0.1, 0.15) is 20.8 Å². The summed E-state index contributed by atoms with van der Waals surface area (Å²) in [4.78, 5) is 41.4. The maximum Gasteiger partial charge on any atom is 0.248 e. The highest BCUT2D eigenvalue weighted by atomic mass is 16.5. The normalized spacial score (nSPS) is 18.7. The molecular formula is C24H34N10O3. The number of anilines is 3. The van der Waals surface area contributed by atoms with E-state index in [9.17, 15) is 9.90 Å². The van der Waals surface area contributed by atoms with Crippen molar-refractivity contribution in [3.05, 3.63) is 12.4 Å². The minimum Gasteiger partial charge on any atom is -0.387 e. The number of morpholine rings is 1. The topological polar surface area (TPSA) is 152 Å². The van der Waals surface area contributed by atoms with E-state index >= 15 is 0 Å². The van der Waals surface area contributed by atoms with Crippen molar-refractivity contribution in [1.82, 2.24) is 34.4 Å². The summed E-state index contributed by atoms with van der Waals surface area (Å²) < 4.78 is 7.84. The molecule has 3 N–H and O–H groups in total. The summed E-state index contributed by atoms with van der Waals surface area (Å²) in [6, 6.07) is 0.120. The number of fused-ring (bicyclic) bond motifs is 1. The van der Waals surface area contributed by atoms with Gasteiger partial charge in [-0.1, -0.05) is 13.8 Å². The number of piperazine rings is 1. The second kappa shape index (κ2) is 10.4. The van der Waals surface area contributed by atoms with Crippen molar-refractivity contribution < 1.29 is 14.6 Å². The van der Waals surface area contributed by atoms with Crippen molar-refractivity contribution in [1.29, 1.82) is 0 Å². The molecule has 2 saturated heterocycles. The molecule has 198 valence electrons. The molecule has 37 heavy (non-hydrogen) atoms. The zero-order valence-electron chi connectivity index (χ0n) is 21.5. The molecule has 0 radical (unpaired) electrons. The Kier molecular flexibility index (Phi) is 7.07. The highest BCUT2D eigenvalue weighted by molar-refractivity contribution is 5.88. The summed E-state index contributed by atoms with van der Waals surface area (Å²) in [5.41, 5.74) is 7.87. The minimum atomic E-state index is -0.472. The summed E-state index contributed by atoms with van der Waals surface area (Å²) in [6.07, 6.45) is 3.27. The maximum absolute atomic E-state index is 12.0. The van der Waals surface area contributed by atoms with Gasteiger partial charge in [0.25, 0.3) is 0 Å². The molecule has 5 rings (SSSR count). The van der Waals surface area contributed by atoms with Crippen LogP contribution in [0.4, 0.5) is 17.7 Å². The Bertz CT molecular complexity index is 1250. The van der Waals surface area contributed by atoms with E-state index in [0.29, 0.717) is 69.8 Å². The van der Waals surface area contributed by atoms with Crippen molar-refractivity contribution in [2.45, 2.75) is 33.4 Å². The molecule has 0 aliphatic carbocycles.